The number of carbonyl (C=O) groups is 2. The molecule has 7 nitrogen and oxygen atoms in total. The van der Waals surface area contributed by atoms with Gasteiger partial charge in [-0.25, -0.2) is 0 Å². The number of likely N-dealkylation sites (tertiary alicyclic amines) is 1. The summed E-state index contributed by atoms with van der Waals surface area (Å²) in [6.45, 7) is 6.91. The van der Waals surface area contributed by atoms with E-state index in [0.29, 0.717) is 49.1 Å². The largest absolute Gasteiger partial charge is 0.507 e. The van der Waals surface area contributed by atoms with Crippen LogP contribution in [0.2, 0.25) is 5.02 Å². The predicted molar refractivity (Wildman–Crippen MR) is 135 cm³/mol. The van der Waals surface area contributed by atoms with Gasteiger partial charge in [0.1, 0.15) is 11.5 Å². The van der Waals surface area contributed by atoms with Gasteiger partial charge in [-0.3, -0.25) is 14.5 Å². The molecule has 35 heavy (non-hydrogen) atoms. The van der Waals surface area contributed by atoms with Gasteiger partial charge in [0, 0.05) is 36.8 Å². The Bertz CT molecular complexity index is 1080. The van der Waals surface area contributed by atoms with E-state index in [-0.39, 0.29) is 11.3 Å². The van der Waals surface area contributed by atoms with Crippen LogP contribution in [0.4, 0.5) is 0 Å². The van der Waals surface area contributed by atoms with Crippen LogP contribution in [0.3, 0.4) is 0 Å². The first-order chi connectivity index (χ1) is 17.0. The Morgan fingerprint density at radius 1 is 1.11 bits per heavy atom. The lowest BCUT2D eigenvalue weighted by Gasteiger charge is -2.29. The fraction of sp³-hybridized carbons (Fsp3) is 0.407. The minimum Gasteiger partial charge on any atom is -0.507 e. The fourth-order valence-electron chi connectivity index (χ4n) is 4.50. The van der Waals surface area contributed by atoms with Crippen molar-refractivity contribution in [2.24, 2.45) is 0 Å². The zero-order valence-corrected chi connectivity index (χ0v) is 20.7. The van der Waals surface area contributed by atoms with Crippen molar-refractivity contribution < 1.29 is 24.2 Å². The van der Waals surface area contributed by atoms with E-state index in [0.717, 1.165) is 31.6 Å². The van der Waals surface area contributed by atoms with Gasteiger partial charge >= 0.3 is 0 Å². The maximum atomic E-state index is 13.2. The lowest BCUT2D eigenvalue weighted by molar-refractivity contribution is -0.140. The third-order valence-corrected chi connectivity index (χ3v) is 6.53. The van der Waals surface area contributed by atoms with Crippen molar-refractivity contribution in [3.8, 4) is 5.75 Å². The highest BCUT2D eigenvalue weighted by Gasteiger charge is 2.46. The van der Waals surface area contributed by atoms with Gasteiger partial charge in [0.25, 0.3) is 11.7 Å². The Morgan fingerprint density at radius 2 is 1.86 bits per heavy atom. The number of hydrogen-bond donors (Lipinski definition) is 1. The van der Waals surface area contributed by atoms with Gasteiger partial charge < -0.3 is 19.5 Å². The van der Waals surface area contributed by atoms with Crippen molar-refractivity contribution in [2.75, 3.05) is 46.0 Å². The van der Waals surface area contributed by atoms with E-state index in [1.54, 1.807) is 29.2 Å². The summed E-state index contributed by atoms with van der Waals surface area (Å²) < 4.78 is 11.2. The minimum atomic E-state index is -0.708. The molecule has 0 radical (unpaired) electrons. The molecule has 1 amide bonds. The minimum absolute atomic E-state index is 0.0799. The molecule has 0 aromatic heterocycles. The number of aliphatic hydroxyl groups is 1. The van der Waals surface area contributed by atoms with Gasteiger partial charge in [-0.2, -0.15) is 0 Å². The van der Waals surface area contributed by atoms with E-state index in [1.165, 1.54) is 0 Å². The Balaban J connectivity index is 1.67. The zero-order chi connectivity index (χ0) is 24.8. The Kier molecular flexibility index (Phi) is 8.44. The summed E-state index contributed by atoms with van der Waals surface area (Å²) in [4.78, 5) is 30.2. The molecule has 2 aromatic carbocycles. The Labute approximate surface area is 210 Å². The molecule has 0 aliphatic carbocycles. The number of halogens is 1. The number of nitrogens with zero attached hydrogens (tertiary/aromatic N) is 2. The molecular weight excluding hydrogens is 468 g/mol. The van der Waals surface area contributed by atoms with Crippen molar-refractivity contribution in [3.05, 3.63) is 70.3 Å². The first kappa shape index (κ1) is 25.2. The lowest BCUT2D eigenvalue weighted by atomic mass is 9.95. The third-order valence-electron chi connectivity index (χ3n) is 6.28. The van der Waals surface area contributed by atoms with Crippen LogP contribution in [0.15, 0.2) is 54.1 Å². The maximum absolute atomic E-state index is 13.2. The second-order valence-electron chi connectivity index (χ2n) is 8.73. The SMILES string of the molecule is CCCOc1cccc(C2/C(=C(/O)c3ccc(Cl)cc3)C(=O)C(=O)N2CCCN2CCOCC2)c1. The van der Waals surface area contributed by atoms with Crippen LogP contribution in [0.1, 0.15) is 36.9 Å². The summed E-state index contributed by atoms with van der Waals surface area (Å²) in [5, 5.41) is 11.7. The van der Waals surface area contributed by atoms with Crippen molar-refractivity contribution in [3.63, 3.8) is 0 Å². The number of morpholine rings is 1. The number of amides is 1. The number of rotatable bonds is 9. The maximum Gasteiger partial charge on any atom is 0.295 e. The van der Waals surface area contributed by atoms with E-state index in [1.807, 2.05) is 31.2 Å². The van der Waals surface area contributed by atoms with Crippen LogP contribution in [0.5, 0.6) is 5.75 Å². The van der Waals surface area contributed by atoms with Crippen LogP contribution in [0, 0.1) is 0 Å². The number of hydrogen-bond acceptors (Lipinski definition) is 6. The summed E-state index contributed by atoms with van der Waals surface area (Å²) in [6, 6.07) is 13.3. The molecule has 2 aromatic rings. The van der Waals surface area contributed by atoms with Crippen LogP contribution >= 0.6 is 11.6 Å². The first-order valence-electron chi connectivity index (χ1n) is 12.1. The molecule has 0 saturated carbocycles. The lowest BCUT2D eigenvalue weighted by Crippen LogP contribution is -2.38. The van der Waals surface area contributed by atoms with E-state index in [9.17, 15) is 14.7 Å². The van der Waals surface area contributed by atoms with Crippen molar-refractivity contribution >= 4 is 29.1 Å². The van der Waals surface area contributed by atoms with Crippen molar-refractivity contribution in [1.82, 2.24) is 9.80 Å². The van der Waals surface area contributed by atoms with Crippen molar-refractivity contribution in [1.29, 1.82) is 0 Å². The molecule has 1 atom stereocenters. The highest BCUT2D eigenvalue weighted by atomic mass is 35.5. The standard InChI is InChI=1S/C27H31ClN2O5/c1-2-15-35-22-6-3-5-20(18-22)24-23(25(31)19-7-9-21(28)10-8-19)26(32)27(33)30(24)12-4-11-29-13-16-34-17-14-29/h3,5-10,18,24,31H,2,4,11-17H2,1H3/b25-23-. The molecule has 8 heteroatoms. The highest BCUT2D eigenvalue weighted by Crippen LogP contribution is 2.40. The van der Waals surface area contributed by atoms with Gasteiger partial charge in [0.15, 0.2) is 0 Å². The average molecular weight is 499 g/mol. The van der Waals surface area contributed by atoms with Crippen LogP contribution in [-0.2, 0) is 14.3 Å². The molecule has 0 spiro atoms. The molecule has 2 saturated heterocycles. The van der Waals surface area contributed by atoms with E-state index in [4.69, 9.17) is 21.1 Å². The average Bonchev–Trinajstić information content (AvgIpc) is 3.13. The van der Waals surface area contributed by atoms with Crippen molar-refractivity contribution in [2.45, 2.75) is 25.8 Å². The molecule has 186 valence electrons. The number of ketones is 1. The number of aliphatic hydroxyl groups excluding tert-OH is 1. The molecular formula is C27H31ClN2O5. The van der Waals surface area contributed by atoms with Gasteiger partial charge in [0.05, 0.1) is 31.4 Å². The van der Waals surface area contributed by atoms with E-state index >= 15 is 0 Å². The molecule has 2 fully saturated rings. The monoisotopic (exact) mass is 498 g/mol. The summed E-state index contributed by atoms with van der Waals surface area (Å²) in [6.07, 6.45) is 1.57. The second-order valence-corrected chi connectivity index (χ2v) is 9.16. The quantitative estimate of drug-likeness (QED) is 0.316. The van der Waals surface area contributed by atoms with E-state index in [2.05, 4.69) is 4.90 Å². The van der Waals surface area contributed by atoms with Crippen LogP contribution < -0.4 is 4.74 Å². The zero-order valence-electron chi connectivity index (χ0n) is 19.9. The van der Waals surface area contributed by atoms with Gasteiger partial charge in [0.2, 0.25) is 0 Å². The van der Waals surface area contributed by atoms with Crippen LogP contribution in [-0.4, -0.2) is 72.6 Å². The number of benzene rings is 2. The Hall–Kier alpha value is -2.87. The molecule has 1 unspecified atom stereocenters. The molecule has 0 bridgehead atoms. The number of carbonyl (C=O) groups excluding carboxylic acids is 2. The predicted octanol–water partition coefficient (Wildman–Crippen LogP) is 4.27. The molecule has 4 rings (SSSR count). The molecule has 1 N–H and O–H groups in total. The molecule has 2 aliphatic rings. The molecule has 2 aliphatic heterocycles. The Morgan fingerprint density at radius 3 is 2.57 bits per heavy atom. The van der Waals surface area contributed by atoms with Gasteiger partial charge in [-0.15, -0.1) is 0 Å². The third kappa shape index (κ3) is 5.86. The normalized spacial score (nSPS) is 20.4. The van der Waals surface area contributed by atoms with Crippen LogP contribution in [0.25, 0.3) is 5.76 Å². The topological polar surface area (TPSA) is 79.3 Å². The smallest absolute Gasteiger partial charge is 0.295 e. The number of Topliss-reactive ketones (excluding diaryl/α,β-unsaturated/α-hetero) is 1. The first-order valence-corrected chi connectivity index (χ1v) is 12.4. The summed E-state index contributed by atoms with van der Waals surface area (Å²) >= 11 is 6.00. The summed E-state index contributed by atoms with van der Waals surface area (Å²) in [7, 11) is 0. The van der Waals surface area contributed by atoms with Gasteiger partial charge in [-0.05, 0) is 54.8 Å². The fourth-order valence-corrected chi connectivity index (χ4v) is 4.63. The summed E-state index contributed by atoms with van der Waals surface area (Å²) in [5.41, 5.74) is 1.24. The second kappa shape index (κ2) is 11.7. The summed E-state index contributed by atoms with van der Waals surface area (Å²) in [5.74, 6) is -0.837. The number of ether oxygens (including phenoxy) is 2. The van der Waals surface area contributed by atoms with Gasteiger partial charge in [-0.1, -0.05) is 30.7 Å². The van der Waals surface area contributed by atoms with E-state index < -0.39 is 17.7 Å². The highest BCUT2D eigenvalue weighted by molar-refractivity contribution is 6.46. The molecule has 2 heterocycles.